The maximum Gasteiger partial charge on any atom is 0.224 e. The Kier molecular flexibility index (Phi) is 5.82. The summed E-state index contributed by atoms with van der Waals surface area (Å²) >= 11 is 6.13. The minimum atomic E-state index is -0.157. The smallest absolute Gasteiger partial charge is 0.224 e. The molecule has 0 aliphatic heterocycles. The largest absolute Gasteiger partial charge is 0.356 e. The number of aromatic nitrogens is 4. The predicted molar refractivity (Wildman–Crippen MR) is 90.5 cm³/mol. The Bertz CT molecular complexity index is 676. The van der Waals surface area contributed by atoms with Gasteiger partial charge in [-0.25, -0.2) is 0 Å². The van der Waals surface area contributed by atoms with E-state index in [4.69, 9.17) is 11.6 Å². The van der Waals surface area contributed by atoms with Crippen molar-refractivity contribution in [2.45, 2.75) is 47.2 Å². The van der Waals surface area contributed by atoms with Crippen molar-refractivity contribution in [3.05, 3.63) is 34.4 Å². The molecule has 0 aromatic carbocycles. The van der Waals surface area contributed by atoms with Gasteiger partial charge in [0.2, 0.25) is 5.91 Å². The molecule has 1 N–H and O–H groups in total. The van der Waals surface area contributed by atoms with Crippen molar-refractivity contribution in [1.29, 1.82) is 0 Å². The SMILES string of the molecule is Cc1nn(CC(C)C(=O)NCCCn2nccc2C)c(C)c1Cl. The van der Waals surface area contributed by atoms with Crippen LogP contribution in [0.4, 0.5) is 0 Å². The lowest BCUT2D eigenvalue weighted by Gasteiger charge is -2.13. The molecule has 2 aromatic heterocycles. The first-order chi connectivity index (χ1) is 10.9. The quantitative estimate of drug-likeness (QED) is 0.789. The second kappa shape index (κ2) is 7.64. The van der Waals surface area contributed by atoms with Gasteiger partial charge >= 0.3 is 0 Å². The normalized spacial score (nSPS) is 12.4. The molecule has 0 spiro atoms. The summed E-state index contributed by atoms with van der Waals surface area (Å²) in [5.41, 5.74) is 2.83. The zero-order chi connectivity index (χ0) is 17.0. The molecule has 0 saturated carbocycles. The molecule has 1 amide bonds. The number of hydrogen-bond donors (Lipinski definition) is 1. The van der Waals surface area contributed by atoms with Crippen LogP contribution in [0.2, 0.25) is 5.02 Å². The fourth-order valence-electron chi connectivity index (χ4n) is 2.44. The maximum absolute atomic E-state index is 12.2. The van der Waals surface area contributed by atoms with Crippen LogP contribution < -0.4 is 5.32 Å². The number of halogens is 1. The van der Waals surface area contributed by atoms with Gasteiger partial charge < -0.3 is 5.32 Å². The van der Waals surface area contributed by atoms with Crippen molar-refractivity contribution in [3.63, 3.8) is 0 Å². The lowest BCUT2D eigenvalue weighted by Crippen LogP contribution is -2.33. The monoisotopic (exact) mass is 337 g/mol. The minimum absolute atomic E-state index is 0.0332. The van der Waals surface area contributed by atoms with Gasteiger partial charge in [0.15, 0.2) is 0 Å². The zero-order valence-corrected chi connectivity index (χ0v) is 14.9. The van der Waals surface area contributed by atoms with Crippen molar-refractivity contribution >= 4 is 17.5 Å². The summed E-state index contributed by atoms with van der Waals surface area (Å²) in [4.78, 5) is 12.2. The minimum Gasteiger partial charge on any atom is -0.356 e. The summed E-state index contributed by atoms with van der Waals surface area (Å²) in [7, 11) is 0. The fourth-order valence-corrected chi connectivity index (χ4v) is 2.58. The molecule has 0 radical (unpaired) electrons. The van der Waals surface area contributed by atoms with Crippen molar-refractivity contribution in [2.75, 3.05) is 6.54 Å². The Morgan fingerprint density at radius 3 is 2.65 bits per heavy atom. The number of carbonyl (C=O) groups is 1. The number of carbonyl (C=O) groups excluding carboxylic acids is 1. The molecule has 0 aliphatic rings. The highest BCUT2D eigenvalue weighted by Gasteiger charge is 2.16. The zero-order valence-electron chi connectivity index (χ0n) is 14.1. The van der Waals surface area contributed by atoms with Crippen molar-refractivity contribution in [1.82, 2.24) is 24.9 Å². The van der Waals surface area contributed by atoms with E-state index in [0.717, 1.165) is 30.0 Å². The number of nitrogens with zero attached hydrogens (tertiary/aromatic N) is 4. The Morgan fingerprint density at radius 2 is 2.09 bits per heavy atom. The number of aryl methyl sites for hydroxylation is 3. The average molecular weight is 338 g/mol. The fraction of sp³-hybridized carbons (Fsp3) is 0.562. The first kappa shape index (κ1) is 17.5. The van der Waals surface area contributed by atoms with Crippen LogP contribution in [-0.4, -0.2) is 32.0 Å². The first-order valence-electron chi connectivity index (χ1n) is 7.85. The van der Waals surface area contributed by atoms with Gasteiger partial charge in [0, 0.05) is 25.0 Å². The van der Waals surface area contributed by atoms with Crippen LogP contribution in [0.25, 0.3) is 0 Å². The van der Waals surface area contributed by atoms with E-state index < -0.39 is 0 Å². The Hall–Kier alpha value is -1.82. The Balaban J connectivity index is 1.76. The van der Waals surface area contributed by atoms with E-state index in [-0.39, 0.29) is 11.8 Å². The third kappa shape index (κ3) is 4.34. The average Bonchev–Trinajstić information content (AvgIpc) is 3.03. The molecule has 7 heteroatoms. The summed E-state index contributed by atoms with van der Waals surface area (Å²) in [6.45, 7) is 9.68. The molecule has 6 nitrogen and oxygen atoms in total. The molecule has 0 fully saturated rings. The number of amides is 1. The Labute approximate surface area is 141 Å². The molecule has 0 aliphatic carbocycles. The van der Waals surface area contributed by atoms with Crippen LogP contribution in [0.3, 0.4) is 0 Å². The van der Waals surface area contributed by atoms with Crippen molar-refractivity contribution in [2.24, 2.45) is 5.92 Å². The van der Waals surface area contributed by atoms with Crippen LogP contribution in [-0.2, 0) is 17.9 Å². The highest BCUT2D eigenvalue weighted by molar-refractivity contribution is 6.31. The van der Waals surface area contributed by atoms with Crippen LogP contribution >= 0.6 is 11.6 Å². The van der Waals surface area contributed by atoms with E-state index in [1.54, 1.807) is 10.9 Å². The van der Waals surface area contributed by atoms with Gasteiger partial charge in [0.05, 0.1) is 28.9 Å². The topological polar surface area (TPSA) is 64.7 Å². The van der Waals surface area contributed by atoms with Crippen molar-refractivity contribution < 1.29 is 4.79 Å². The third-order valence-electron chi connectivity index (χ3n) is 3.96. The van der Waals surface area contributed by atoms with Gasteiger partial charge in [0.25, 0.3) is 0 Å². The second-order valence-electron chi connectivity index (χ2n) is 5.91. The molecule has 2 aromatic rings. The molecule has 126 valence electrons. The molecule has 1 unspecified atom stereocenters. The van der Waals surface area contributed by atoms with E-state index >= 15 is 0 Å². The van der Waals surface area contributed by atoms with Gasteiger partial charge in [-0.1, -0.05) is 18.5 Å². The highest BCUT2D eigenvalue weighted by Crippen LogP contribution is 2.19. The second-order valence-corrected chi connectivity index (χ2v) is 6.29. The molecule has 0 saturated heterocycles. The first-order valence-corrected chi connectivity index (χ1v) is 8.23. The van der Waals surface area contributed by atoms with Gasteiger partial charge in [-0.2, -0.15) is 10.2 Å². The molecule has 2 rings (SSSR count). The maximum atomic E-state index is 12.2. The van der Waals surface area contributed by atoms with E-state index in [2.05, 4.69) is 15.5 Å². The molecule has 1 atom stereocenters. The van der Waals surface area contributed by atoms with E-state index in [1.165, 1.54) is 0 Å². The van der Waals surface area contributed by atoms with Crippen LogP contribution in [0.1, 0.15) is 30.4 Å². The lowest BCUT2D eigenvalue weighted by atomic mass is 10.1. The van der Waals surface area contributed by atoms with Crippen LogP contribution in [0, 0.1) is 26.7 Å². The molecular formula is C16H24ClN5O. The summed E-state index contributed by atoms with van der Waals surface area (Å²) < 4.78 is 3.74. The summed E-state index contributed by atoms with van der Waals surface area (Å²) in [6.07, 6.45) is 2.64. The van der Waals surface area contributed by atoms with Crippen LogP contribution in [0.5, 0.6) is 0 Å². The van der Waals surface area contributed by atoms with Crippen LogP contribution in [0.15, 0.2) is 12.3 Å². The Morgan fingerprint density at radius 1 is 1.35 bits per heavy atom. The predicted octanol–water partition coefficient (Wildman–Crippen LogP) is 2.50. The summed E-state index contributed by atoms with van der Waals surface area (Å²) in [6, 6.07) is 1.97. The summed E-state index contributed by atoms with van der Waals surface area (Å²) in [5, 5.41) is 12.2. The van der Waals surface area contributed by atoms with Crippen molar-refractivity contribution in [3.8, 4) is 0 Å². The third-order valence-corrected chi connectivity index (χ3v) is 4.51. The van der Waals surface area contributed by atoms with E-state index in [0.29, 0.717) is 18.1 Å². The number of nitrogens with one attached hydrogen (secondary N) is 1. The molecule has 2 heterocycles. The number of rotatable bonds is 7. The van der Waals surface area contributed by atoms with Gasteiger partial charge in [-0.3, -0.25) is 14.2 Å². The highest BCUT2D eigenvalue weighted by atomic mass is 35.5. The standard InChI is InChI=1S/C16H24ClN5O/c1-11(10-22-14(4)15(17)13(3)20-22)16(23)18-7-5-9-21-12(2)6-8-19-21/h6,8,11H,5,7,9-10H2,1-4H3,(H,18,23). The molecule has 23 heavy (non-hydrogen) atoms. The van der Waals surface area contributed by atoms with E-state index in [1.807, 2.05) is 38.4 Å². The van der Waals surface area contributed by atoms with E-state index in [9.17, 15) is 4.79 Å². The summed E-state index contributed by atoms with van der Waals surface area (Å²) in [5.74, 6) is -0.124. The van der Waals surface area contributed by atoms with Gasteiger partial charge in [-0.15, -0.1) is 0 Å². The lowest BCUT2D eigenvalue weighted by molar-refractivity contribution is -0.124. The molecular weight excluding hydrogens is 314 g/mol. The van der Waals surface area contributed by atoms with Gasteiger partial charge in [0.1, 0.15) is 0 Å². The molecule has 0 bridgehead atoms. The number of hydrogen-bond acceptors (Lipinski definition) is 3. The van der Waals surface area contributed by atoms with Gasteiger partial charge in [-0.05, 0) is 33.3 Å².